The first-order valence-corrected chi connectivity index (χ1v) is 14.6. The van der Waals surface area contributed by atoms with E-state index in [-0.39, 0.29) is 40.6 Å². The molecule has 12 heteroatoms. The average molecular weight is 691 g/mol. The van der Waals surface area contributed by atoms with E-state index < -0.39 is 64.5 Å². The predicted molar refractivity (Wildman–Crippen MR) is 163 cm³/mol. The van der Waals surface area contributed by atoms with Crippen molar-refractivity contribution in [3.8, 4) is 44.9 Å². The molecule has 0 atom stereocenters. The van der Waals surface area contributed by atoms with E-state index in [0.717, 1.165) is 36.1 Å². The fourth-order valence-electron chi connectivity index (χ4n) is 5.01. The standard InChI is InChI=1S/C37H24F10O2/c1-2-3-21-4-6-22(7-5-21)23-8-11-27(30(38)16-23)24-9-12-28(31(39)17-24)25-10-13-29(32(40)18-25)37(46,47)49-26-19-33(41)35(34(42)20-26)48-15-14-36(43,44)45/h4-20H,2-3H2,1H3. The normalized spacial score (nSPS) is 12.1. The Hall–Kier alpha value is -5.26. The van der Waals surface area contributed by atoms with Crippen molar-refractivity contribution in [2.45, 2.75) is 32.1 Å². The molecule has 49 heavy (non-hydrogen) atoms. The minimum Gasteiger partial charge on any atom is -0.459 e. The molecular weight excluding hydrogens is 666 g/mol. The van der Waals surface area contributed by atoms with Crippen LogP contribution in [0, 0.1) is 29.1 Å². The smallest absolute Gasteiger partial charge is 0.429 e. The quantitative estimate of drug-likeness (QED) is 0.107. The van der Waals surface area contributed by atoms with Gasteiger partial charge < -0.3 is 9.47 Å². The fourth-order valence-corrected chi connectivity index (χ4v) is 5.01. The van der Waals surface area contributed by atoms with Gasteiger partial charge in [0.15, 0.2) is 17.4 Å². The van der Waals surface area contributed by atoms with Crippen LogP contribution >= 0.6 is 0 Å². The summed E-state index contributed by atoms with van der Waals surface area (Å²) in [7, 11) is 0. The SMILES string of the molecule is CCCc1ccc(-c2ccc(-c3ccc(-c4ccc(C(F)(F)Oc5cc(F)c(OC=CC(F)(F)F)c(F)c5)c(F)c4)c(F)c3)c(F)c2)cc1. The van der Waals surface area contributed by atoms with E-state index in [4.69, 9.17) is 0 Å². The maximum atomic E-state index is 15.2. The maximum absolute atomic E-state index is 15.2. The van der Waals surface area contributed by atoms with Crippen LogP contribution in [-0.2, 0) is 12.5 Å². The molecule has 5 aromatic rings. The van der Waals surface area contributed by atoms with Crippen LogP contribution in [-0.4, -0.2) is 6.18 Å². The lowest BCUT2D eigenvalue weighted by Crippen LogP contribution is -2.23. The zero-order chi connectivity index (χ0) is 35.5. The summed E-state index contributed by atoms with van der Waals surface area (Å²) in [6, 6.07) is 18.4. The summed E-state index contributed by atoms with van der Waals surface area (Å²) in [4.78, 5) is 0. The molecule has 0 N–H and O–H groups in total. The lowest BCUT2D eigenvalue weighted by Gasteiger charge is -2.20. The zero-order valence-corrected chi connectivity index (χ0v) is 25.3. The Labute approximate surface area is 273 Å². The van der Waals surface area contributed by atoms with Crippen LogP contribution in [0.2, 0.25) is 0 Å². The Morgan fingerprint density at radius 3 is 1.61 bits per heavy atom. The first-order chi connectivity index (χ1) is 23.1. The van der Waals surface area contributed by atoms with Crippen LogP contribution < -0.4 is 9.47 Å². The second kappa shape index (κ2) is 14.1. The van der Waals surface area contributed by atoms with Crippen molar-refractivity contribution in [2.75, 3.05) is 0 Å². The van der Waals surface area contributed by atoms with E-state index in [2.05, 4.69) is 16.4 Å². The van der Waals surface area contributed by atoms with E-state index in [1.807, 2.05) is 24.3 Å². The molecule has 0 saturated carbocycles. The molecule has 254 valence electrons. The number of benzene rings is 5. The number of hydrogen-bond donors (Lipinski definition) is 0. The Balaban J connectivity index is 1.33. The van der Waals surface area contributed by atoms with Gasteiger partial charge in [-0.15, -0.1) is 0 Å². The first-order valence-electron chi connectivity index (χ1n) is 14.6. The van der Waals surface area contributed by atoms with Gasteiger partial charge in [0.1, 0.15) is 23.2 Å². The summed E-state index contributed by atoms with van der Waals surface area (Å²) in [6.45, 7) is 2.07. The molecule has 0 aliphatic heterocycles. The molecule has 0 saturated heterocycles. The molecule has 5 rings (SSSR count). The van der Waals surface area contributed by atoms with Crippen molar-refractivity contribution in [3.05, 3.63) is 144 Å². The summed E-state index contributed by atoms with van der Waals surface area (Å²) in [5, 5.41) is 0. The molecule has 0 spiro atoms. The van der Waals surface area contributed by atoms with Gasteiger partial charge in [-0.3, -0.25) is 0 Å². The summed E-state index contributed by atoms with van der Waals surface area (Å²) in [6.07, 6.45) is -7.95. The monoisotopic (exact) mass is 690 g/mol. The number of halogens is 10. The molecule has 0 heterocycles. The average Bonchev–Trinajstić information content (AvgIpc) is 3.02. The first kappa shape index (κ1) is 35.1. The Morgan fingerprint density at radius 2 is 1.08 bits per heavy atom. The molecule has 2 nitrogen and oxygen atoms in total. The second-order valence-corrected chi connectivity index (χ2v) is 10.8. The Morgan fingerprint density at radius 1 is 0.571 bits per heavy atom. The summed E-state index contributed by atoms with van der Waals surface area (Å²) in [5.74, 6) is -8.90. The minimum absolute atomic E-state index is 0.0480. The fraction of sp³-hybridized carbons (Fsp3) is 0.135. The largest absolute Gasteiger partial charge is 0.459 e. The van der Waals surface area contributed by atoms with Crippen molar-refractivity contribution in [1.29, 1.82) is 0 Å². The van der Waals surface area contributed by atoms with Crippen molar-refractivity contribution in [2.24, 2.45) is 0 Å². The maximum Gasteiger partial charge on any atom is 0.429 e. The minimum atomic E-state index is -4.85. The van der Waals surface area contributed by atoms with Crippen LogP contribution in [0.3, 0.4) is 0 Å². The van der Waals surface area contributed by atoms with Crippen LogP contribution in [0.5, 0.6) is 11.5 Å². The predicted octanol–water partition coefficient (Wildman–Crippen LogP) is 11.9. The number of ether oxygens (including phenoxy) is 2. The molecule has 0 aliphatic rings. The van der Waals surface area contributed by atoms with E-state index in [9.17, 15) is 35.1 Å². The third-order valence-corrected chi connectivity index (χ3v) is 7.33. The van der Waals surface area contributed by atoms with Crippen LogP contribution in [0.4, 0.5) is 43.9 Å². The van der Waals surface area contributed by atoms with Gasteiger partial charge in [0.05, 0.1) is 17.9 Å². The Kier molecular flexibility index (Phi) is 10.1. The summed E-state index contributed by atoms with van der Waals surface area (Å²) >= 11 is 0. The summed E-state index contributed by atoms with van der Waals surface area (Å²) < 4.78 is 149. The lowest BCUT2D eigenvalue weighted by atomic mass is 9.96. The van der Waals surface area contributed by atoms with Gasteiger partial charge in [-0.25, -0.2) is 22.0 Å². The third kappa shape index (κ3) is 8.25. The van der Waals surface area contributed by atoms with Gasteiger partial charge >= 0.3 is 12.3 Å². The van der Waals surface area contributed by atoms with Gasteiger partial charge in [0.2, 0.25) is 0 Å². The highest BCUT2D eigenvalue weighted by molar-refractivity contribution is 5.74. The van der Waals surface area contributed by atoms with Gasteiger partial charge in [-0.05, 0) is 58.5 Å². The second-order valence-electron chi connectivity index (χ2n) is 10.8. The van der Waals surface area contributed by atoms with Crippen molar-refractivity contribution >= 4 is 0 Å². The molecule has 0 aliphatic carbocycles. The highest BCUT2D eigenvalue weighted by Gasteiger charge is 2.38. The van der Waals surface area contributed by atoms with Gasteiger partial charge in [0, 0.05) is 23.3 Å². The molecule has 0 aromatic heterocycles. The van der Waals surface area contributed by atoms with Crippen LogP contribution in [0.25, 0.3) is 33.4 Å². The molecular formula is C37H24F10O2. The highest BCUT2D eigenvalue weighted by Crippen LogP contribution is 2.38. The number of rotatable bonds is 10. The highest BCUT2D eigenvalue weighted by atomic mass is 19.4. The van der Waals surface area contributed by atoms with Crippen molar-refractivity contribution < 1.29 is 53.4 Å². The molecule has 0 radical (unpaired) electrons. The van der Waals surface area contributed by atoms with Gasteiger partial charge in [-0.2, -0.15) is 22.0 Å². The molecule has 0 unspecified atom stereocenters. The molecule has 0 bridgehead atoms. The number of allylic oxidation sites excluding steroid dienone is 1. The van der Waals surface area contributed by atoms with E-state index in [0.29, 0.717) is 17.7 Å². The van der Waals surface area contributed by atoms with E-state index in [1.54, 1.807) is 6.07 Å². The number of hydrogen-bond acceptors (Lipinski definition) is 2. The van der Waals surface area contributed by atoms with E-state index in [1.165, 1.54) is 24.3 Å². The van der Waals surface area contributed by atoms with E-state index >= 15 is 8.78 Å². The Bertz CT molecular complexity index is 1980. The van der Waals surface area contributed by atoms with Crippen LogP contribution in [0.15, 0.2) is 103 Å². The lowest BCUT2D eigenvalue weighted by molar-refractivity contribution is -0.187. The number of alkyl halides is 5. The van der Waals surface area contributed by atoms with Gasteiger partial charge in [0.25, 0.3) is 0 Å². The molecule has 5 aromatic carbocycles. The van der Waals surface area contributed by atoms with Gasteiger partial charge in [-0.1, -0.05) is 67.9 Å². The zero-order valence-electron chi connectivity index (χ0n) is 25.3. The topological polar surface area (TPSA) is 18.5 Å². The van der Waals surface area contributed by atoms with Crippen molar-refractivity contribution in [3.63, 3.8) is 0 Å². The molecule has 0 fully saturated rings. The summed E-state index contributed by atoms with van der Waals surface area (Å²) in [5.41, 5.74) is 1.13. The van der Waals surface area contributed by atoms with Crippen LogP contribution in [0.1, 0.15) is 24.5 Å². The van der Waals surface area contributed by atoms with Crippen molar-refractivity contribution in [1.82, 2.24) is 0 Å². The third-order valence-electron chi connectivity index (χ3n) is 7.33. The number of aryl methyl sites for hydroxylation is 1. The molecule has 0 amide bonds.